The Morgan fingerprint density at radius 3 is 2.22 bits per heavy atom. The Balaban J connectivity index is 1.57. The van der Waals surface area contributed by atoms with Crippen LogP contribution in [0.2, 0.25) is 0 Å². The number of Topliss-reactive ketones (excluding diaryl/α,β-unsaturated/α-hetero) is 1. The number of ketones is 1. The molecule has 1 saturated heterocycles. The normalized spacial score (nSPS) is 25.1. The monoisotopic (exact) mass is 373 g/mol. The highest BCUT2D eigenvalue weighted by atomic mass is 16.6. The number of amides is 1. The maximum atomic E-state index is 12.5. The van der Waals surface area contributed by atoms with E-state index in [0.29, 0.717) is 25.9 Å². The first-order chi connectivity index (χ1) is 12.7. The number of fused-ring (bicyclic) bond motifs is 2. The molecule has 0 aromatic heterocycles. The van der Waals surface area contributed by atoms with Crippen LogP contribution in [0.5, 0.6) is 0 Å². The molecule has 1 heterocycles. The third-order valence-corrected chi connectivity index (χ3v) is 5.03. The van der Waals surface area contributed by atoms with Gasteiger partial charge < -0.3 is 14.4 Å². The van der Waals surface area contributed by atoms with Crippen molar-refractivity contribution < 1.29 is 23.9 Å². The zero-order valence-electron chi connectivity index (χ0n) is 16.1. The number of carbonyl (C=O) groups is 3. The van der Waals surface area contributed by atoms with Gasteiger partial charge in [-0.25, -0.2) is 4.79 Å². The van der Waals surface area contributed by atoms with Gasteiger partial charge in [-0.2, -0.15) is 0 Å². The molecule has 6 nitrogen and oxygen atoms in total. The number of hydrogen-bond acceptors (Lipinski definition) is 5. The molecule has 2 bridgehead atoms. The second-order valence-corrected chi connectivity index (χ2v) is 8.44. The largest absolute Gasteiger partial charge is 0.461 e. The van der Waals surface area contributed by atoms with Gasteiger partial charge in [-0.15, -0.1) is 0 Å². The minimum absolute atomic E-state index is 0.155. The van der Waals surface area contributed by atoms with Crippen molar-refractivity contribution in [3.63, 3.8) is 0 Å². The average Bonchev–Trinajstić information content (AvgIpc) is 2.58. The number of benzene rings is 1. The SMILES string of the molecule is CC(C)(C)OC(=O)N1C[C@H]2CC(C(=O)OCc3ccccc3)C[C@@H](C1)C2=O. The summed E-state index contributed by atoms with van der Waals surface area (Å²) < 4.78 is 10.9. The molecule has 6 heteroatoms. The fourth-order valence-electron chi connectivity index (χ4n) is 3.80. The molecule has 0 N–H and O–H groups in total. The third-order valence-electron chi connectivity index (χ3n) is 5.03. The minimum Gasteiger partial charge on any atom is -0.461 e. The van der Waals surface area contributed by atoms with E-state index in [-0.39, 0.29) is 36.1 Å². The number of esters is 1. The summed E-state index contributed by atoms with van der Waals surface area (Å²) in [7, 11) is 0. The molecular formula is C21H27NO5. The summed E-state index contributed by atoms with van der Waals surface area (Å²) in [5.41, 5.74) is 0.367. The number of ether oxygens (including phenoxy) is 2. The van der Waals surface area contributed by atoms with Crippen molar-refractivity contribution in [2.45, 2.75) is 45.8 Å². The molecule has 146 valence electrons. The zero-order chi connectivity index (χ0) is 19.6. The molecule has 0 radical (unpaired) electrons. The summed E-state index contributed by atoms with van der Waals surface area (Å²) in [4.78, 5) is 38.9. The summed E-state index contributed by atoms with van der Waals surface area (Å²) in [6, 6.07) is 9.53. The Morgan fingerprint density at radius 1 is 1.07 bits per heavy atom. The van der Waals surface area contributed by atoms with Crippen molar-refractivity contribution in [1.82, 2.24) is 4.90 Å². The van der Waals surface area contributed by atoms with E-state index < -0.39 is 11.7 Å². The quantitative estimate of drug-likeness (QED) is 0.761. The lowest BCUT2D eigenvalue weighted by Gasteiger charge is -2.42. The average molecular weight is 373 g/mol. The van der Waals surface area contributed by atoms with Gasteiger partial charge in [-0.3, -0.25) is 9.59 Å². The molecule has 1 saturated carbocycles. The molecule has 2 aliphatic rings. The van der Waals surface area contributed by atoms with E-state index in [9.17, 15) is 14.4 Å². The van der Waals surface area contributed by atoms with Crippen molar-refractivity contribution in [1.29, 1.82) is 0 Å². The van der Waals surface area contributed by atoms with Gasteiger partial charge in [0.2, 0.25) is 0 Å². The molecule has 0 spiro atoms. The summed E-state index contributed by atoms with van der Waals surface area (Å²) in [5, 5.41) is 0. The van der Waals surface area contributed by atoms with Gasteiger partial charge >= 0.3 is 12.1 Å². The lowest BCUT2D eigenvalue weighted by Crippen LogP contribution is -2.54. The van der Waals surface area contributed by atoms with Crippen molar-refractivity contribution in [3.05, 3.63) is 35.9 Å². The molecule has 3 rings (SSSR count). The molecule has 1 unspecified atom stereocenters. The first-order valence-corrected chi connectivity index (χ1v) is 9.45. The van der Waals surface area contributed by atoms with Crippen molar-refractivity contribution in [2.75, 3.05) is 13.1 Å². The predicted molar refractivity (Wildman–Crippen MR) is 98.8 cm³/mol. The molecule has 1 aliphatic heterocycles. The van der Waals surface area contributed by atoms with E-state index in [1.165, 1.54) is 0 Å². The van der Waals surface area contributed by atoms with E-state index in [0.717, 1.165) is 5.56 Å². The van der Waals surface area contributed by atoms with Crippen LogP contribution in [0.3, 0.4) is 0 Å². The van der Waals surface area contributed by atoms with E-state index >= 15 is 0 Å². The molecular weight excluding hydrogens is 346 g/mol. The standard InChI is InChI=1S/C21H27NO5/c1-21(2,3)27-20(25)22-11-16-9-15(10-17(12-22)18(16)23)19(24)26-13-14-7-5-4-6-8-14/h4-8,15-17H,9-13H2,1-3H3/t15?,16-,17+. The topological polar surface area (TPSA) is 72.9 Å². The maximum absolute atomic E-state index is 12.5. The van der Waals surface area contributed by atoms with Gasteiger partial charge in [0.05, 0.1) is 5.92 Å². The number of nitrogens with zero attached hydrogens (tertiary/aromatic N) is 1. The van der Waals surface area contributed by atoms with Crippen molar-refractivity contribution in [3.8, 4) is 0 Å². The molecule has 2 fully saturated rings. The highest BCUT2D eigenvalue weighted by molar-refractivity contribution is 5.89. The Labute approximate surface area is 159 Å². The summed E-state index contributed by atoms with van der Waals surface area (Å²) >= 11 is 0. The highest BCUT2D eigenvalue weighted by Gasteiger charge is 2.46. The van der Waals surface area contributed by atoms with Gasteiger partial charge in [-0.05, 0) is 39.2 Å². The van der Waals surface area contributed by atoms with Crippen LogP contribution in [0.25, 0.3) is 0 Å². The zero-order valence-corrected chi connectivity index (χ0v) is 16.1. The van der Waals surface area contributed by atoms with Gasteiger partial charge in [0, 0.05) is 24.9 Å². The van der Waals surface area contributed by atoms with E-state index in [2.05, 4.69) is 0 Å². The Kier molecular flexibility index (Phi) is 5.53. The molecule has 27 heavy (non-hydrogen) atoms. The van der Waals surface area contributed by atoms with Crippen LogP contribution in [-0.2, 0) is 25.7 Å². The van der Waals surface area contributed by atoms with Crippen LogP contribution in [0.4, 0.5) is 4.79 Å². The molecule has 3 atom stereocenters. The van der Waals surface area contributed by atoms with Crippen molar-refractivity contribution in [2.24, 2.45) is 17.8 Å². The molecule has 1 aromatic rings. The van der Waals surface area contributed by atoms with E-state index in [1.807, 2.05) is 51.1 Å². The van der Waals surface area contributed by atoms with Gasteiger partial charge in [-0.1, -0.05) is 30.3 Å². The molecule has 1 aromatic carbocycles. The Morgan fingerprint density at radius 2 is 1.67 bits per heavy atom. The second kappa shape index (κ2) is 7.71. The minimum atomic E-state index is -0.572. The van der Waals surface area contributed by atoms with Gasteiger partial charge in [0.1, 0.15) is 18.0 Å². The summed E-state index contributed by atoms with van der Waals surface area (Å²) in [6.45, 7) is 6.32. The third kappa shape index (κ3) is 4.87. The molecule has 1 amide bonds. The van der Waals surface area contributed by atoms with Crippen LogP contribution < -0.4 is 0 Å². The lowest BCUT2D eigenvalue weighted by atomic mass is 9.71. The number of piperidine rings is 1. The van der Waals surface area contributed by atoms with Crippen molar-refractivity contribution >= 4 is 17.8 Å². The smallest absolute Gasteiger partial charge is 0.410 e. The number of carbonyl (C=O) groups excluding carboxylic acids is 3. The lowest BCUT2D eigenvalue weighted by molar-refractivity contribution is -0.155. The van der Waals surface area contributed by atoms with Gasteiger partial charge in [0.25, 0.3) is 0 Å². The summed E-state index contributed by atoms with van der Waals surface area (Å²) in [5.74, 6) is -1.03. The van der Waals surface area contributed by atoms with E-state index in [4.69, 9.17) is 9.47 Å². The van der Waals surface area contributed by atoms with Crippen LogP contribution >= 0.6 is 0 Å². The fourth-order valence-corrected chi connectivity index (χ4v) is 3.80. The van der Waals surface area contributed by atoms with Crippen LogP contribution in [0.1, 0.15) is 39.2 Å². The highest BCUT2D eigenvalue weighted by Crippen LogP contribution is 2.36. The number of rotatable bonds is 3. The number of likely N-dealkylation sites (tertiary alicyclic amines) is 1. The predicted octanol–water partition coefficient (Wildman–Crippen LogP) is 3.19. The maximum Gasteiger partial charge on any atom is 0.410 e. The summed E-state index contributed by atoms with van der Waals surface area (Å²) in [6.07, 6.45) is 0.472. The fraction of sp³-hybridized carbons (Fsp3) is 0.571. The Bertz CT molecular complexity index is 691. The van der Waals surface area contributed by atoms with Crippen LogP contribution in [0, 0.1) is 17.8 Å². The first-order valence-electron chi connectivity index (χ1n) is 9.45. The first kappa shape index (κ1) is 19.4. The van der Waals surface area contributed by atoms with Crippen LogP contribution in [-0.4, -0.2) is 41.4 Å². The van der Waals surface area contributed by atoms with Crippen LogP contribution in [0.15, 0.2) is 30.3 Å². The Hall–Kier alpha value is -2.37. The second-order valence-electron chi connectivity index (χ2n) is 8.44. The van der Waals surface area contributed by atoms with Gasteiger partial charge in [0.15, 0.2) is 0 Å². The van der Waals surface area contributed by atoms with E-state index in [1.54, 1.807) is 4.90 Å². The molecule has 1 aliphatic carbocycles. The number of hydrogen-bond donors (Lipinski definition) is 0.